The van der Waals surface area contributed by atoms with Crippen molar-refractivity contribution < 1.29 is 90.8 Å². The quantitative estimate of drug-likeness (QED) is 0.0227. The Morgan fingerprint density at radius 3 is 0.846 bits per heavy atom. The third-order valence-corrected chi connectivity index (χ3v) is 28.6. The third kappa shape index (κ3) is 20.5. The van der Waals surface area contributed by atoms with E-state index in [4.69, 9.17) is 29.4 Å². The second-order valence-corrected chi connectivity index (χ2v) is 37.1. The minimum atomic E-state index is -0.994. The first-order chi connectivity index (χ1) is 69.3. The van der Waals surface area contributed by atoms with Crippen LogP contribution in [0.4, 0.5) is 0 Å². The van der Waals surface area contributed by atoms with E-state index < -0.39 is 83.8 Å². The zero-order valence-corrected chi connectivity index (χ0v) is 79.6. The fraction of sp³-hybridized carbons (Fsp3) is 0.339. The zero-order valence-electron chi connectivity index (χ0n) is 79.6. The largest absolute Gasteiger partial charge is 0.496 e. The number of H-pyrrole nitrogens is 4. The number of methoxy groups -OCH3 is 5. The summed E-state index contributed by atoms with van der Waals surface area (Å²) >= 11 is 0. The summed E-state index contributed by atoms with van der Waals surface area (Å²) in [5, 5.41) is 33.6. The van der Waals surface area contributed by atoms with Crippen LogP contribution in [0.25, 0.3) is 43.6 Å². The highest BCUT2D eigenvalue weighted by atomic mass is 16.5. The predicted octanol–water partition coefficient (Wildman–Crippen LogP) is 13.2. The first kappa shape index (κ1) is 98.1. The van der Waals surface area contributed by atoms with Gasteiger partial charge in [-0.2, -0.15) is 10.5 Å². The number of nitrogens with one attached hydrogen (secondary N) is 8. The molecule has 4 fully saturated rings. The third-order valence-electron chi connectivity index (χ3n) is 28.6. The Hall–Kier alpha value is -16.5. The number of hydrogen-bond donors (Lipinski definition) is 9. The van der Waals surface area contributed by atoms with Crippen molar-refractivity contribution in [2.45, 2.75) is 177 Å². The van der Waals surface area contributed by atoms with Crippen LogP contribution in [0.2, 0.25) is 0 Å². The van der Waals surface area contributed by atoms with Crippen molar-refractivity contribution in [1.82, 2.24) is 60.8 Å². The number of aromatic nitrogens is 4. The molecule has 34 nitrogen and oxygen atoms in total. The van der Waals surface area contributed by atoms with Gasteiger partial charge in [0.05, 0.1) is 47.7 Å². The first-order valence-electron chi connectivity index (χ1n) is 47.9. The molecule has 34 heteroatoms. The molecule has 8 aliphatic rings. The molecular weight excluding hydrogens is 1820 g/mol. The monoisotopic (exact) mass is 1930 g/mol. The summed E-state index contributed by atoms with van der Waals surface area (Å²) in [6.45, 7) is 1.03. The summed E-state index contributed by atoms with van der Waals surface area (Å²) in [5.74, 6) is -2.43. The number of rotatable bonds is 26. The van der Waals surface area contributed by atoms with Gasteiger partial charge < -0.3 is 90.2 Å². The number of amides is 9. The molecule has 4 saturated carbocycles. The first-order valence-corrected chi connectivity index (χ1v) is 47.9. The standard InChI is InChI=1S/C28H29N3O6.C27H28N4O5.2C27H26N4O4/c1-36-24-12-6-10-20-19(24)14-21(29-20)27(34)31-15-17-7-3-4-9-18(17)25(31)26(33)30-22(28(35)37-2)13-16-8-5-11-23(16)32;1-36-23-11-5-9-19-18(23)13-21(29-19)27(35)31-14-16-6-2-3-8-17(16)24(31)26(34)30-20(25(28)33)12-15-7-4-10-22(15)32;2*1-35-24-11-5-9-21-20(24)13-22(30-21)27(34)31-15-17-6-2-3-8-19(17)25(31)26(33)29-18(14-28)12-16-7-4-10-23(16)32/h3-4,6-7,9-10,12,14,16,22,25,29H,5,8,11,13,15H2,1-2H3,(H,30,33);2-3,5-6,8-9,11,13,15,20,24,29H,4,7,10,12,14H2,1H3,(H2,28,33)(H,30,34);2*2-3,5-6,8-9,11,13,16,18,25,30H,4,7,10,12,15H2,1H3,(H,29,33)/t16-,22-,25?;15-,20-,24?;2*16-,18-,25?/m0000/s1. The number of ketones is 4. The number of esters is 1. The molecule has 8 aromatic carbocycles. The van der Waals surface area contributed by atoms with Crippen LogP contribution in [0.1, 0.15) is 213 Å². The molecule has 4 aromatic heterocycles. The van der Waals surface area contributed by atoms with Crippen LogP contribution in [0, 0.1) is 46.3 Å². The molecule has 20 rings (SSSR count). The van der Waals surface area contributed by atoms with Gasteiger partial charge in [-0.15, -0.1) is 0 Å². The number of primary amides is 1. The van der Waals surface area contributed by atoms with Gasteiger partial charge in [0, 0.05) is 119 Å². The van der Waals surface area contributed by atoms with E-state index >= 15 is 0 Å². The van der Waals surface area contributed by atoms with E-state index in [0.717, 1.165) is 116 Å². The van der Waals surface area contributed by atoms with Crippen molar-refractivity contribution in [3.05, 3.63) is 261 Å². The Balaban J connectivity index is 0.000000131. The Kier molecular flexibility index (Phi) is 29.5. The number of nitriles is 2. The molecule has 9 amide bonds. The van der Waals surface area contributed by atoms with Gasteiger partial charge in [0.15, 0.2) is 0 Å². The molecule has 143 heavy (non-hydrogen) atoms. The van der Waals surface area contributed by atoms with Gasteiger partial charge in [-0.1, -0.05) is 121 Å². The molecule has 0 spiro atoms. The smallest absolute Gasteiger partial charge is 0.328 e. The summed E-state index contributed by atoms with van der Waals surface area (Å²) in [6, 6.07) is 55.6. The van der Waals surface area contributed by atoms with E-state index in [1.54, 1.807) is 58.8 Å². The molecule has 0 saturated heterocycles. The number of benzene rings is 8. The molecule has 0 radical (unpaired) electrons. The van der Waals surface area contributed by atoms with Gasteiger partial charge in [-0.3, -0.25) is 62.3 Å². The van der Waals surface area contributed by atoms with Crippen molar-refractivity contribution in [1.29, 1.82) is 10.5 Å². The van der Waals surface area contributed by atoms with Crippen LogP contribution >= 0.6 is 0 Å². The number of carbonyl (C=O) groups excluding carboxylic acids is 14. The lowest BCUT2D eigenvalue weighted by Crippen LogP contribution is -2.49. The second-order valence-electron chi connectivity index (χ2n) is 37.1. The molecule has 10 N–H and O–H groups in total. The summed E-state index contributed by atoms with van der Waals surface area (Å²) in [5.41, 5.74) is 16.3. The number of nitrogens with zero attached hydrogens (tertiary/aromatic N) is 6. The molecular formula is C109H109N15O19. The van der Waals surface area contributed by atoms with Crippen molar-refractivity contribution >= 4 is 126 Å². The molecule has 734 valence electrons. The fourth-order valence-electron chi connectivity index (χ4n) is 21.3. The van der Waals surface area contributed by atoms with E-state index in [-0.39, 0.29) is 109 Å². The number of nitrogens with two attached hydrogens (primary N) is 1. The highest BCUT2D eigenvalue weighted by Crippen LogP contribution is 2.44. The highest BCUT2D eigenvalue weighted by molar-refractivity contribution is 6.07. The molecule has 12 atom stereocenters. The van der Waals surface area contributed by atoms with E-state index in [0.29, 0.717) is 108 Å². The topological polar surface area (TPSA) is 483 Å². The van der Waals surface area contributed by atoms with Gasteiger partial charge in [0.1, 0.15) is 117 Å². The number of Topliss-reactive ketones (excluding diaryl/α,β-unsaturated/α-hetero) is 4. The molecule has 8 heterocycles. The maximum absolute atomic E-state index is 13.7. The number of hydrogen-bond acceptors (Lipinski definition) is 21. The van der Waals surface area contributed by atoms with Crippen molar-refractivity contribution in [3.63, 3.8) is 0 Å². The van der Waals surface area contributed by atoms with Crippen molar-refractivity contribution in [2.24, 2.45) is 29.4 Å². The van der Waals surface area contributed by atoms with E-state index in [2.05, 4.69) is 53.3 Å². The number of aromatic amines is 4. The second kappa shape index (κ2) is 43.1. The van der Waals surface area contributed by atoms with E-state index in [1.165, 1.54) is 26.7 Å². The highest BCUT2D eigenvalue weighted by Gasteiger charge is 2.47. The summed E-state index contributed by atoms with van der Waals surface area (Å²) < 4.78 is 26.6. The van der Waals surface area contributed by atoms with Gasteiger partial charge in [-0.25, -0.2) is 4.79 Å². The zero-order chi connectivity index (χ0) is 101. The predicted molar refractivity (Wildman–Crippen MR) is 524 cm³/mol. The fourth-order valence-corrected chi connectivity index (χ4v) is 21.3. The SMILES string of the molecule is COC(=O)[C@H](C[C@@H]1CCCC1=O)NC(=O)C1c2ccccc2CN1C(=O)c1cc2c(OC)cccc2[nH]1.COc1cccc2[nH]c(C(=O)N3Cc4ccccc4C3C(=O)N[C@@H](C[C@@H]3CCCC3=O)C(N)=O)cc12.COc1cccc2[nH]c(C(=O)N3Cc4ccccc4C3C(=O)N[C@H](C#N)C[C@@H]3CCCC3=O)cc12.COc1cccc2[nH]c(C(=O)N3Cc4ccccc4C3C(=O)N[C@H](C#N)C[C@@H]3CCCC3=O)cc12. The Labute approximate surface area is 822 Å². The minimum absolute atomic E-state index is 0.0905. The maximum Gasteiger partial charge on any atom is 0.328 e. The van der Waals surface area contributed by atoms with Crippen molar-refractivity contribution in [2.75, 3.05) is 35.5 Å². The Morgan fingerprint density at radius 1 is 0.350 bits per heavy atom. The lowest BCUT2D eigenvalue weighted by Gasteiger charge is -2.27. The summed E-state index contributed by atoms with van der Waals surface area (Å²) in [4.78, 5) is 201. The Bertz CT molecular complexity index is 6910. The van der Waals surface area contributed by atoms with Crippen LogP contribution in [0.5, 0.6) is 23.0 Å². The summed E-state index contributed by atoms with van der Waals surface area (Å²) in [6.07, 6.45) is 9.03. The van der Waals surface area contributed by atoms with Crippen LogP contribution < -0.4 is 45.9 Å². The molecule has 4 aliphatic heterocycles. The molecule has 12 aromatic rings. The van der Waals surface area contributed by atoms with Crippen LogP contribution in [-0.2, 0) is 78.9 Å². The van der Waals surface area contributed by atoms with Crippen LogP contribution in [0.3, 0.4) is 0 Å². The number of carbonyl (C=O) groups is 14. The summed E-state index contributed by atoms with van der Waals surface area (Å²) in [7, 11) is 7.53. The maximum atomic E-state index is 13.7. The lowest BCUT2D eigenvalue weighted by molar-refractivity contribution is -0.146. The van der Waals surface area contributed by atoms with Gasteiger partial charge >= 0.3 is 5.97 Å². The average Bonchev–Trinajstić information content (AvgIpc) is 1.62. The van der Waals surface area contributed by atoms with Crippen LogP contribution in [-0.4, -0.2) is 182 Å². The Morgan fingerprint density at radius 2 is 0.601 bits per heavy atom. The normalized spacial score (nSPS) is 19.8. The van der Waals surface area contributed by atoms with Crippen LogP contribution in [0.15, 0.2) is 194 Å². The van der Waals surface area contributed by atoms with E-state index in [1.807, 2.05) is 164 Å². The number of ether oxygens (including phenoxy) is 5. The lowest BCUT2D eigenvalue weighted by atomic mass is 9.96. The molecule has 4 unspecified atom stereocenters. The van der Waals surface area contributed by atoms with Gasteiger partial charge in [0.25, 0.3) is 23.6 Å². The number of fused-ring (bicyclic) bond motifs is 8. The van der Waals surface area contributed by atoms with Crippen molar-refractivity contribution in [3.8, 4) is 35.1 Å². The molecule has 0 bridgehead atoms. The minimum Gasteiger partial charge on any atom is -0.496 e. The van der Waals surface area contributed by atoms with Gasteiger partial charge in [-0.05, 0) is 194 Å². The molecule has 4 aliphatic carbocycles. The van der Waals surface area contributed by atoms with Gasteiger partial charge in [0.2, 0.25) is 29.5 Å². The van der Waals surface area contributed by atoms with E-state index in [9.17, 15) is 77.6 Å². The average molecular weight is 1930 g/mol.